The number of hydrogen-bond acceptors (Lipinski definition) is 3. The Morgan fingerprint density at radius 3 is 2.81 bits per heavy atom. The van der Waals surface area contributed by atoms with Gasteiger partial charge in [-0.25, -0.2) is 4.98 Å². The normalized spacial score (nSPS) is 14.7. The molecule has 3 aromatic rings. The number of nitrogens with two attached hydrogens (primary N) is 1. The quantitative estimate of drug-likeness (QED) is 0.556. The van der Waals surface area contributed by atoms with Crippen LogP contribution in [0.25, 0.3) is 22.4 Å². The van der Waals surface area contributed by atoms with Crippen molar-refractivity contribution in [1.29, 1.82) is 0 Å². The summed E-state index contributed by atoms with van der Waals surface area (Å²) in [5.41, 5.74) is 8.71. The number of aromatic nitrogens is 2. The number of phenolic OH excluding ortho intramolecular Hbond substituents is 1. The van der Waals surface area contributed by atoms with Crippen LogP contribution in [-0.2, 0) is 0 Å². The number of halogens is 1. The summed E-state index contributed by atoms with van der Waals surface area (Å²) in [7, 11) is 0. The van der Waals surface area contributed by atoms with Crippen molar-refractivity contribution in [3.63, 3.8) is 0 Å². The molecule has 0 radical (unpaired) electrons. The van der Waals surface area contributed by atoms with E-state index in [1.807, 2.05) is 30.3 Å². The first-order valence-electron chi connectivity index (χ1n) is 6.90. The van der Waals surface area contributed by atoms with Crippen molar-refractivity contribution in [2.24, 2.45) is 0 Å². The smallest absolute Gasteiger partial charge is 0.149 e. The van der Waals surface area contributed by atoms with Crippen LogP contribution in [0.15, 0.2) is 36.4 Å². The van der Waals surface area contributed by atoms with Gasteiger partial charge in [0.25, 0.3) is 0 Å². The van der Waals surface area contributed by atoms with Crippen LogP contribution < -0.4 is 5.73 Å². The van der Waals surface area contributed by atoms with Gasteiger partial charge in [0, 0.05) is 11.1 Å². The second-order valence-corrected chi connectivity index (χ2v) is 5.85. The van der Waals surface area contributed by atoms with Gasteiger partial charge >= 0.3 is 0 Å². The lowest BCUT2D eigenvalue weighted by Crippen LogP contribution is -1.98. The highest BCUT2D eigenvalue weighted by atomic mass is 35.5. The molecular formula is C16H14ClN3O. The molecule has 0 atom stereocenters. The molecule has 5 heteroatoms. The number of nitrogens with zero attached hydrogens (tertiary/aromatic N) is 2. The Morgan fingerprint density at radius 1 is 1.24 bits per heavy atom. The van der Waals surface area contributed by atoms with Crippen LogP contribution in [0.2, 0.25) is 5.02 Å². The van der Waals surface area contributed by atoms with E-state index in [0.717, 1.165) is 29.7 Å². The van der Waals surface area contributed by atoms with Gasteiger partial charge in [-0.05, 0) is 43.2 Å². The van der Waals surface area contributed by atoms with Crippen molar-refractivity contribution in [2.45, 2.75) is 18.9 Å². The zero-order valence-electron chi connectivity index (χ0n) is 11.3. The van der Waals surface area contributed by atoms with E-state index in [2.05, 4.69) is 9.55 Å². The summed E-state index contributed by atoms with van der Waals surface area (Å²) in [6.45, 7) is 0. The number of phenols is 1. The van der Waals surface area contributed by atoms with Gasteiger partial charge in [0.2, 0.25) is 0 Å². The molecule has 1 heterocycles. The third kappa shape index (κ3) is 1.94. The summed E-state index contributed by atoms with van der Waals surface area (Å²) in [6, 6.07) is 11.5. The minimum Gasteiger partial charge on any atom is -0.505 e. The van der Waals surface area contributed by atoms with Crippen molar-refractivity contribution in [2.75, 3.05) is 5.73 Å². The molecule has 1 fully saturated rings. The molecule has 1 aliphatic rings. The Balaban J connectivity index is 2.03. The van der Waals surface area contributed by atoms with Crippen molar-refractivity contribution < 1.29 is 5.11 Å². The molecule has 0 amide bonds. The number of aromatic hydroxyl groups is 1. The summed E-state index contributed by atoms with van der Waals surface area (Å²) < 4.78 is 2.18. The predicted octanol–water partition coefficient (Wildman–Crippen LogP) is 3.98. The van der Waals surface area contributed by atoms with Gasteiger partial charge in [0.05, 0.1) is 22.3 Å². The van der Waals surface area contributed by atoms with E-state index in [1.165, 1.54) is 0 Å². The third-order valence-corrected chi connectivity index (χ3v) is 4.11. The molecule has 106 valence electrons. The zero-order valence-corrected chi connectivity index (χ0v) is 12.0. The van der Waals surface area contributed by atoms with Crippen LogP contribution in [0.1, 0.15) is 18.9 Å². The fraction of sp³-hybridized carbons (Fsp3) is 0.188. The molecule has 0 saturated heterocycles. The Kier molecular flexibility index (Phi) is 2.62. The van der Waals surface area contributed by atoms with Crippen LogP contribution in [0.5, 0.6) is 5.75 Å². The predicted molar refractivity (Wildman–Crippen MR) is 84.5 cm³/mol. The summed E-state index contributed by atoms with van der Waals surface area (Å²) in [5.74, 6) is 0.834. The van der Waals surface area contributed by atoms with Gasteiger partial charge in [-0.2, -0.15) is 0 Å². The maximum Gasteiger partial charge on any atom is 0.149 e. The molecule has 2 aromatic carbocycles. The number of rotatable bonds is 2. The average Bonchev–Trinajstić information content (AvgIpc) is 3.23. The lowest BCUT2D eigenvalue weighted by atomic mass is 10.1. The third-order valence-electron chi connectivity index (χ3n) is 3.87. The van der Waals surface area contributed by atoms with Crippen molar-refractivity contribution in [3.05, 3.63) is 41.4 Å². The maximum absolute atomic E-state index is 10.3. The monoisotopic (exact) mass is 299 g/mol. The number of fused-ring (bicyclic) bond motifs is 1. The minimum atomic E-state index is 0.0841. The largest absolute Gasteiger partial charge is 0.505 e. The van der Waals surface area contributed by atoms with Gasteiger partial charge in [-0.1, -0.05) is 17.7 Å². The lowest BCUT2D eigenvalue weighted by Gasteiger charge is -2.10. The highest BCUT2D eigenvalue weighted by Gasteiger charge is 2.29. The van der Waals surface area contributed by atoms with E-state index in [4.69, 9.17) is 17.3 Å². The van der Waals surface area contributed by atoms with Crippen LogP contribution in [-0.4, -0.2) is 14.7 Å². The van der Waals surface area contributed by atoms with E-state index >= 15 is 0 Å². The second-order valence-electron chi connectivity index (χ2n) is 5.41. The van der Waals surface area contributed by atoms with E-state index in [9.17, 15) is 5.11 Å². The molecule has 4 nitrogen and oxygen atoms in total. The number of para-hydroxylation sites is 1. The Bertz CT molecular complexity index is 852. The molecular weight excluding hydrogens is 286 g/mol. The number of nitrogen functional groups attached to an aromatic ring is 1. The molecule has 1 aromatic heterocycles. The Labute approximate surface area is 126 Å². The van der Waals surface area contributed by atoms with Gasteiger partial charge in [-0.3, -0.25) is 0 Å². The van der Waals surface area contributed by atoms with E-state index in [0.29, 0.717) is 22.3 Å². The summed E-state index contributed by atoms with van der Waals surface area (Å²) >= 11 is 6.06. The first-order valence-corrected chi connectivity index (χ1v) is 7.28. The summed E-state index contributed by atoms with van der Waals surface area (Å²) in [4.78, 5) is 4.67. The standard InChI is InChI=1S/C16H14ClN3O/c17-9-4-7-14-13(8-9)19-16(20(14)10-5-6-10)11-2-1-3-12(18)15(11)21/h1-4,7-8,10,21H,5-6,18H2. The zero-order chi connectivity index (χ0) is 14.6. The minimum absolute atomic E-state index is 0.0841. The summed E-state index contributed by atoms with van der Waals surface area (Å²) in [5, 5.41) is 10.9. The number of anilines is 1. The topological polar surface area (TPSA) is 64.1 Å². The highest BCUT2D eigenvalue weighted by Crippen LogP contribution is 2.43. The highest BCUT2D eigenvalue weighted by molar-refractivity contribution is 6.31. The molecule has 0 bridgehead atoms. The van der Waals surface area contributed by atoms with Crippen LogP contribution in [0.3, 0.4) is 0 Å². The Morgan fingerprint density at radius 2 is 2.05 bits per heavy atom. The molecule has 4 rings (SSSR count). The Hall–Kier alpha value is -2.20. The molecule has 0 unspecified atom stereocenters. The SMILES string of the molecule is Nc1cccc(-c2nc3cc(Cl)ccc3n2C2CC2)c1O. The fourth-order valence-corrected chi connectivity index (χ4v) is 2.87. The van der Waals surface area contributed by atoms with Gasteiger partial charge in [0.1, 0.15) is 11.6 Å². The molecule has 0 aliphatic heterocycles. The van der Waals surface area contributed by atoms with Crippen LogP contribution in [0, 0.1) is 0 Å². The number of imidazole rings is 1. The van der Waals surface area contributed by atoms with E-state index in [1.54, 1.807) is 6.07 Å². The first-order chi connectivity index (χ1) is 10.1. The second kappa shape index (κ2) is 4.40. The molecule has 1 aliphatic carbocycles. The average molecular weight is 300 g/mol. The molecule has 21 heavy (non-hydrogen) atoms. The number of benzene rings is 2. The fourth-order valence-electron chi connectivity index (χ4n) is 2.71. The van der Waals surface area contributed by atoms with E-state index in [-0.39, 0.29) is 5.75 Å². The van der Waals surface area contributed by atoms with Gasteiger partial charge < -0.3 is 15.4 Å². The maximum atomic E-state index is 10.3. The van der Waals surface area contributed by atoms with E-state index < -0.39 is 0 Å². The number of hydrogen-bond donors (Lipinski definition) is 2. The lowest BCUT2D eigenvalue weighted by molar-refractivity contribution is 0.479. The van der Waals surface area contributed by atoms with Gasteiger partial charge in [-0.15, -0.1) is 0 Å². The first kappa shape index (κ1) is 12.5. The van der Waals surface area contributed by atoms with Crippen LogP contribution >= 0.6 is 11.6 Å². The summed E-state index contributed by atoms with van der Waals surface area (Å²) in [6.07, 6.45) is 2.26. The van der Waals surface area contributed by atoms with Crippen molar-refractivity contribution in [1.82, 2.24) is 9.55 Å². The van der Waals surface area contributed by atoms with Crippen molar-refractivity contribution >= 4 is 28.3 Å². The van der Waals surface area contributed by atoms with Crippen LogP contribution in [0.4, 0.5) is 5.69 Å². The molecule has 1 saturated carbocycles. The molecule has 3 N–H and O–H groups in total. The van der Waals surface area contributed by atoms with Gasteiger partial charge in [0.15, 0.2) is 0 Å². The molecule has 0 spiro atoms. The van der Waals surface area contributed by atoms with Crippen molar-refractivity contribution in [3.8, 4) is 17.1 Å².